The normalized spacial score (nSPS) is 25.1. The minimum Gasteiger partial charge on any atom is -0.507 e. The lowest BCUT2D eigenvalue weighted by Crippen LogP contribution is -2.40. The number of aliphatic hydroxyl groups is 3. The Morgan fingerprint density at radius 3 is 2.44 bits per heavy atom. The maximum absolute atomic E-state index is 13.6. The largest absolute Gasteiger partial charge is 0.507 e. The lowest BCUT2D eigenvalue weighted by Gasteiger charge is -2.40. The molecule has 8 nitrogen and oxygen atoms in total. The van der Waals surface area contributed by atoms with Crippen LogP contribution >= 0.6 is 0 Å². The second-order valence-corrected chi connectivity index (χ2v) is 8.69. The Kier molecular flexibility index (Phi) is 5.37. The van der Waals surface area contributed by atoms with Crippen molar-refractivity contribution in [1.82, 2.24) is 0 Å². The molecule has 0 aliphatic heterocycles. The molecule has 32 heavy (non-hydrogen) atoms. The fraction of sp³-hybridized carbons (Fsp3) is 0.417. The van der Waals surface area contributed by atoms with Gasteiger partial charge in [-0.15, -0.1) is 0 Å². The van der Waals surface area contributed by atoms with Crippen LogP contribution in [0.1, 0.15) is 86.9 Å². The number of carbonyl (C=O) groups is 2. The summed E-state index contributed by atoms with van der Waals surface area (Å²) < 4.78 is 11.1. The van der Waals surface area contributed by atoms with Crippen molar-refractivity contribution in [2.75, 3.05) is 20.8 Å². The maximum atomic E-state index is 13.6. The van der Waals surface area contributed by atoms with Crippen molar-refractivity contribution in [2.24, 2.45) is 0 Å². The van der Waals surface area contributed by atoms with Crippen LogP contribution in [-0.2, 0) is 4.74 Å². The third kappa shape index (κ3) is 2.98. The zero-order valence-corrected chi connectivity index (χ0v) is 18.3. The van der Waals surface area contributed by atoms with Crippen molar-refractivity contribution in [3.63, 3.8) is 0 Å². The van der Waals surface area contributed by atoms with E-state index < -0.39 is 35.3 Å². The molecular weight excluding hydrogens is 416 g/mol. The van der Waals surface area contributed by atoms with Crippen LogP contribution in [0, 0.1) is 0 Å². The van der Waals surface area contributed by atoms with Gasteiger partial charge >= 0.3 is 0 Å². The van der Waals surface area contributed by atoms with Gasteiger partial charge in [0.2, 0.25) is 5.78 Å². The Morgan fingerprint density at radius 1 is 1.16 bits per heavy atom. The summed E-state index contributed by atoms with van der Waals surface area (Å²) in [6.07, 6.45) is -1.97. The monoisotopic (exact) mass is 442 g/mol. The van der Waals surface area contributed by atoms with Gasteiger partial charge in [0.25, 0.3) is 0 Å². The predicted octanol–water partition coefficient (Wildman–Crippen LogP) is 2.15. The Labute approximate surface area is 185 Å². The highest BCUT2D eigenvalue weighted by Gasteiger charge is 2.47. The van der Waals surface area contributed by atoms with E-state index in [1.807, 2.05) is 0 Å². The SMILES string of the molecule is COc1c2c(cc3c1C(OC)CC(C)(O)C3O)C(=O)c1ccc(C(C)CO)c(O)c1C2=O. The van der Waals surface area contributed by atoms with Gasteiger partial charge in [-0.25, -0.2) is 0 Å². The molecule has 0 heterocycles. The van der Waals surface area contributed by atoms with Crippen molar-refractivity contribution in [3.8, 4) is 11.5 Å². The second kappa shape index (κ2) is 7.67. The molecule has 0 spiro atoms. The van der Waals surface area contributed by atoms with E-state index in [4.69, 9.17) is 9.47 Å². The number of phenolic OH excluding ortho intramolecular Hbond substituents is 1. The van der Waals surface area contributed by atoms with E-state index in [1.165, 1.54) is 39.3 Å². The van der Waals surface area contributed by atoms with Gasteiger partial charge in [-0.2, -0.15) is 0 Å². The number of fused-ring (bicyclic) bond motifs is 3. The molecule has 0 saturated heterocycles. The van der Waals surface area contributed by atoms with Gasteiger partial charge in [-0.3, -0.25) is 9.59 Å². The number of ketones is 2. The highest BCUT2D eigenvalue weighted by molar-refractivity contribution is 6.30. The average molecular weight is 442 g/mol. The zero-order chi connectivity index (χ0) is 23.5. The van der Waals surface area contributed by atoms with Gasteiger partial charge < -0.3 is 29.9 Å². The van der Waals surface area contributed by atoms with Crippen LogP contribution in [0.25, 0.3) is 0 Å². The van der Waals surface area contributed by atoms with E-state index in [2.05, 4.69) is 0 Å². The summed E-state index contributed by atoms with van der Waals surface area (Å²) in [4.78, 5) is 27.0. The van der Waals surface area contributed by atoms with Gasteiger partial charge in [-0.05, 0) is 30.2 Å². The first-order valence-corrected chi connectivity index (χ1v) is 10.3. The zero-order valence-electron chi connectivity index (χ0n) is 18.3. The number of hydrogen-bond acceptors (Lipinski definition) is 8. The molecule has 4 atom stereocenters. The standard InChI is InChI=1S/C24H26O8/c1-10(9-25)11-5-6-12-17(20(11)27)21(28)18-13(19(12)26)7-14-16(22(18)32-4)15(31-3)8-24(2,30)23(14)29/h5-7,10,15,23,25,27,29-30H,8-9H2,1-4H3. The third-order valence-corrected chi connectivity index (χ3v) is 6.60. The molecule has 170 valence electrons. The summed E-state index contributed by atoms with van der Waals surface area (Å²) in [6.45, 7) is 2.93. The first-order chi connectivity index (χ1) is 15.1. The molecule has 2 aliphatic rings. The van der Waals surface area contributed by atoms with Crippen LogP contribution in [0.3, 0.4) is 0 Å². The number of ether oxygens (including phenoxy) is 2. The summed E-state index contributed by atoms with van der Waals surface area (Å²) in [6, 6.07) is 4.37. The summed E-state index contributed by atoms with van der Waals surface area (Å²) in [5.74, 6) is -1.83. The molecule has 8 heteroatoms. The van der Waals surface area contributed by atoms with E-state index in [1.54, 1.807) is 6.92 Å². The number of phenols is 1. The molecule has 0 bridgehead atoms. The van der Waals surface area contributed by atoms with E-state index in [9.17, 15) is 30.0 Å². The Balaban J connectivity index is 2.03. The van der Waals surface area contributed by atoms with Gasteiger partial charge in [0, 0.05) is 42.7 Å². The average Bonchev–Trinajstić information content (AvgIpc) is 2.77. The molecular formula is C24H26O8. The first kappa shape index (κ1) is 22.4. The lowest BCUT2D eigenvalue weighted by molar-refractivity contribution is -0.109. The number of rotatable bonds is 4. The molecule has 2 aromatic carbocycles. The minimum absolute atomic E-state index is 0.0204. The quantitative estimate of drug-likeness (QED) is 0.483. The van der Waals surface area contributed by atoms with Crippen LogP contribution in [0.15, 0.2) is 18.2 Å². The van der Waals surface area contributed by atoms with Crippen LogP contribution in [-0.4, -0.2) is 58.4 Å². The maximum Gasteiger partial charge on any atom is 0.201 e. The fourth-order valence-corrected chi connectivity index (χ4v) is 4.79. The second-order valence-electron chi connectivity index (χ2n) is 8.69. The summed E-state index contributed by atoms with van der Waals surface area (Å²) in [5, 5.41) is 41.8. The summed E-state index contributed by atoms with van der Waals surface area (Å²) in [7, 11) is 2.79. The molecule has 0 fully saturated rings. The smallest absolute Gasteiger partial charge is 0.201 e. The molecule has 0 aromatic heterocycles. The fourth-order valence-electron chi connectivity index (χ4n) is 4.79. The topological polar surface area (TPSA) is 134 Å². The highest BCUT2D eigenvalue weighted by atomic mass is 16.5. The lowest BCUT2D eigenvalue weighted by atomic mass is 9.72. The van der Waals surface area contributed by atoms with Gasteiger partial charge in [0.05, 0.1) is 29.9 Å². The van der Waals surface area contributed by atoms with Crippen molar-refractivity contribution < 1.29 is 39.5 Å². The number of aliphatic hydroxyl groups excluding tert-OH is 2. The molecule has 2 aromatic rings. The van der Waals surface area contributed by atoms with Crippen LogP contribution < -0.4 is 4.74 Å². The summed E-state index contributed by atoms with van der Waals surface area (Å²) in [5.41, 5.74) is -0.642. The van der Waals surface area contributed by atoms with Crippen LogP contribution in [0.2, 0.25) is 0 Å². The number of hydrogen-bond donors (Lipinski definition) is 4. The van der Waals surface area contributed by atoms with Crippen LogP contribution in [0.5, 0.6) is 11.5 Å². The van der Waals surface area contributed by atoms with Gasteiger partial charge in [0.15, 0.2) is 5.78 Å². The number of methoxy groups -OCH3 is 2. The molecule has 4 rings (SSSR count). The Bertz CT molecular complexity index is 1130. The minimum atomic E-state index is -1.51. The molecule has 0 saturated carbocycles. The molecule has 0 amide bonds. The van der Waals surface area contributed by atoms with Crippen molar-refractivity contribution in [2.45, 2.75) is 44.0 Å². The number of benzene rings is 2. The molecule has 4 unspecified atom stereocenters. The summed E-state index contributed by atoms with van der Waals surface area (Å²) >= 11 is 0. The van der Waals surface area contributed by atoms with E-state index in [0.717, 1.165) is 0 Å². The third-order valence-electron chi connectivity index (χ3n) is 6.60. The first-order valence-electron chi connectivity index (χ1n) is 10.3. The van der Waals surface area contributed by atoms with Crippen molar-refractivity contribution in [3.05, 3.63) is 57.1 Å². The van der Waals surface area contributed by atoms with Crippen molar-refractivity contribution >= 4 is 11.6 Å². The van der Waals surface area contributed by atoms with Gasteiger partial charge in [0.1, 0.15) is 17.6 Å². The van der Waals surface area contributed by atoms with E-state index in [-0.39, 0.29) is 52.3 Å². The highest BCUT2D eigenvalue weighted by Crippen LogP contribution is 2.51. The van der Waals surface area contributed by atoms with E-state index in [0.29, 0.717) is 11.1 Å². The number of aromatic hydroxyl groups is 1. The van der Waals surface area contributed by atoms with Crippen molar-refractivity contribution in [1.29, 1.82) is 0 Å². The predicted molar refractivity (Wildman–Crippen MR) is 113 cm³/mol. The molecule has 0 radical (unpaired) electrons. The molecule has 4 N–H and O–H groups in total. The molecule has 2 aliphatic carbocycles. The Hall–Kier alpha value is -2.78. The van der Waals surface area contributed by atoms with E-state index >= 15 is 0 Å². The number of carbonyl (C=O) groups excluding carboxylic acids is 2. The Morgan fingerprint density at radius 2 is 1.84 bits per heavy atom. The van der Waals surface area contributed by atoms with Crippen LogP contribution in [0.4, 0.5) is 0 Å². The van der Waals surface area contributed by atoms with Gasteiger partial charge in [-0.1, -0.05) is 13.0 Å².